The summed E-state index contributed by atoms with van der Waals surface area (Å²) in [6.45, 7) is 9.57. The van der Waals surface area contributed by atoms with Gasteiger partial charge in [0.15, 0.2) is 0 Å². The molecule has 3 aliphatic rings. The first kappa shape index (κ1) is 13.9. The van der Waals surface area contributed by atoms with Crippen molar-refractivity contribution >= 4 is 0 Å². The Morgan fingerprint density at radius 2 is 1.89 bits per heavy atom. The monoisotopic (exact) mass is 264 g/mol. The predicted molar refractivity (Wildman–Crippen MR) is 80.2 cm³/mol. The lowest BCUT2D eigenvalue weighted by molar-refractivity contribution is -0.198. The van der Waals surface area contributed by atoms with Crippen LogP contribution in [0.5, 0.6) is 0 Å². The quantitative estimate of drug-likeness (QED) is 0.669. The van der Waals surface area contributed by atoms with Crippen LogP contribution >= 0.6 is 0 Å². The first-order chi connectivity index (χ1) is 8.94. The maximum absolute atomic E-state index is 6.88. The summed E-state index contributed by atoms with van der Waals surface area (Å²) in [5.74, 6) is 1.64. The van der Waals surface area contributed by atoms with Crippen LogP contribution < -0.4 is 0 Å². The molecule has 1 saturated heterocycles. The van der Waals surface area contributed by atoms with Crippen molar-refractivity contribution in [1.29, 1.82) is 0 Å². The minimum atomic E-state index is 0.125. The van der Waals surface area contributed by atoms with Gasteiger partial charge in [-0.15, -0.1) is 0 Å². The number of fused-ring (bicyclic) bond motifs is 1. The number of unbranched alkanes of at least 4 members (excludes halogenated alkanes) is 1. The SMILES string of the molecule is CCCC[C@@H]1CCC[C@@]2(C)CC[C@@H]3C[C@@]12OC3(C)C. The Bertz CT molecular complexity index is 348. The number of hydrogen-bond donors (Lipinski definition) is 0. The van der Waals surface area contributed by atoms with Gasteiger partial charge >= 0.3 is 0 Å². The molecule has 2 bridgehead atoms. The molecule has 1 spiro atoms. The van der Waals surface area contributed by atoms with Crippen molar-refractivity contribution in [1.82, 2.24) is 0 Å². The zero-order chi connectivity index (χ0) is 13.7. The number of rotatable bonds is 3. The largest absolute Gasteiger partial charge is 0.368 e. The van der Waals surface area contributed by atoms with Crippen LogP contribution in [0.25, 0.3) is 0 Å². The molecule has 3 rings (SSSR count). The minimum absolute atomic E-state index is 0.125. The van der Waals surface area contributed by atoms with E-state index in [0.717, 1.165) is 11.8 Å². The fourth-order valence-electron chi connectivity index (χ4n) is 5.61. The second-order valence-corrected chi connectivity index (χ2v) is 8.33. The summed E-state index contributed by atoms with van der Waals surface area (Å²) in [4.78, 5) is 0. The Morgan fingerprint density at radius 1 is 1.11 bits per heavy atom. The smallest absolute Gasteiger partial charge is 0.0774 e. The van der Waals surface area contributed by atoms with Crippen LogP contribution in [0.15, 0.2) is 0 Å². The molecular weight excluding hydrogens is 232 g/mol. The summed E-state index contributed by atoms with van der Waals surface area (Å²) in [6.07, 6.45) is 12.5. The van der Waals surface area contributed by atoms with E-state index in [1.54, 1.807) is 0 Å². The van der Waals surface area contributed by atoms with Gasteiger partial charge in [-0.1, -0.05) is 33.1 Å². The zero-order valence-corrected chi connectivity index (χ0v) is 13.4. The van der Waals surface area contributed by atoms with E-state index < -0.39 is 0 Å². The lowest BCUT2D eigenvalue weighted by Crippen LogP contribution is -2.56. The van der Waals surface area contributed by atoms with Crippen molar-refractivity contribution in [3.8, 4) is 0 Å². The fraction of sp³-hybridized carbons (Fsp3) is 1.00. The van der Waals surface area contributed by atoms with Crippen molar-refractivity contribution in [2.75, 3.05) is 0 Å². The minimum Gasteiger partial charge on any atom is -0.368 e. The van der Waals surface area contributed by atoms with Crippen LogP contribution in [-0.2, 0) is 4.74 Å². The summed E-state index contributed by atoms with van der Waals surface area (Å²) in [6, 6.07) is 0. The molecule has 2 aliphatic carbocycles. The van der Waals surface area contributed by atoms with E-state index in [1.165, 1.54) is 57.8 Å². The molecule has 0 aromatic rings. The van der Waals surface area contributed by atoms with Gasteiger partial charge in [0.05, 0.1) is 11.2 Å². The summed E-state index contributed by atoms with van der Waals surface area (Å²) < 4.78 is 6.88. The molecule has 1 heteroatoms. The average Bonchev–Trinajstić information content (AvgIpc) is 2.58. The van der Waals surface area contributed by atoms with E-state index >= 15 is 0 Å². The van der Waals surface area contributed by atoms with Gasteiger partial charge in [-0.05, 0) is 69.6 Å². The maximum Gasteiger partial charge on any atom is 0.0774 e. The van der Waals surface area contributed by atoms with Crippen LogP contribution in [0.2, 0.25) is 0 Å². The van der Waals surface area contributed by atoms with E-state index in [0.29, 0.717) is 5.41 Å². The third-order valence-corrected chi connectivity index (χ3v) is 6.89. The summed E-state index contributed by atoms with van der Waals surface area (Å²) in [5.41, 5.74) is 0.820. The molecule has 0 unspecified atom stereocenters. The molecule has 4 atom stereocenters. The lowest BCUT2D eigenvalue weighted by Gasteiger charge is -2.56. The molecule has 0 amide bonds. The molecule has 3 fully saturated rings. The highest BCUT2D eigenvalue weighted by Crippen LogP contribution is 2.66. The molecule has 19 heavy (non-hydrogen) atoms. The molecule has 1 nitrogen and oxygen atoms in total. The van der Waals surface area contributed by atoms with Gasteiger partial charge < -0.3 is 4.74 Å². The van der Waals surface area contributed by atoms with Gasteiger partial charge in [-0.3, -0.25) is 0 Å². The van der Waals surface area contributed by atoms with Gasteiger partial charge in [0, 0.05) is 0 Å². The van der Waals surface area contributed by atoms with Crippen molar-refractivity contribution in [3.63, 3.8) is 0 Å². The van der Waals surface area contributed by atoms with Gasteiger partial charge in [0.25, 0.3) is 0 Å². The van der Waals surface area contributed by atoms with Crippen LogP contribution in [0.3, 0.4) is 0 Å². The highest BCUT2D eigenvalue weighted by atomic mass is 16.5. The third kappa shape index (κ3) is 1.91. The topological polar surface area (TPSA) is 9.23 Å². The predicted octanol–water partition coefficient (Wildman–Crippen LogP) is 5.33. The standard InChI is InChI=1S/C18H32O/c1-5-6-8-14-9-7-11-17(4)12-10-15-13-18(14,17)19-16(15,2)3/h14-15H,5-13H2,1-4H3/t14-,15-,17+,18-/m1/s1. The molecule has 0 aromatic carbocycles. The summed E-state index contributed by atoms with van der Waals surface area (Å²) in [5, 5.41) is 0. The Hall–Kier alpha value is -0.0400. The normalized spacial score (nSPS) is 48.0. The Balaban J connectivity index is 1.93. The molecule has 0 N–H and O–H groups in total. The molecule has 1 aliphatic heterocycles. The molecule has 0 aromatic heterocycles. The van der Waals surface area contributed by atoms with Crippen molar-refractivity contribution in [2.24, 2.45) is 17.3 Å². The van der Waals surface area contributed by atoms with Crippen molar-refractivity contribution < 1.29 is 4.74 Å². The van der Waals surface area contributed by atoms with Crippen molar-refractivity contribution in [2.45, 2.75) is 96.7 Å². The first-order valence-corrected chi connectivity index (χ1v) is 8.64. The maximum atomic E-state index is 6.88. The third-order valence-electron chi connectivity index (χ3n) is 6.89. The lowest BCUT2D eigenvalue weighted by atomic mass is 9.52. The highest BCUT2D eigenvalue weighted by Gasteiger charge is 2.65. The van der Waals surface area contributed by atoms with Crippen LogP contribution in [0.1, 0.15) is 85.5 Å². The van der Waals surface area contributed by atoms with E-state index in [1.807, 2.05) is 0 Å². The van der Waals surface area contributed by atoms with E-state index in [4.69, 9.17) is 4.74 Å². The van der Waals surface area contributed by atoms with Gasteiger partial charge in [-0.2, -0.15) is 0 Å². The second kappa shape index (κ2) is 4.48. The Labute approximate surface area is 119 Å². The van der Waals surface area contributed by atoms with Crippen molar-refractivity contribution in [3.05, 3.63) is 0 Å². The molecule has 2 saturated carbocycles. The highest BCUT2D eigenvalue weighted by molar-refractivity contribution is 5.15. The molecule has 1 heterocycles. The fourth-order valence-corrected chi connectivity index (χ4v) is 5.61. The molecular formula is C18H32O. The molecule has 0 radical (unpaired) electrons. The van der Waals surface area contributed by atoms with Crippen LogP contribution in [0.4, 0.5) is 0 Å². The zero-order valence-electron chi connectivity index (χ0n) is 13.4. The summed E-state index contributed by atoms with van der Waals surface area (Å²) >= 11 is 0. The number of hydrogen-bond acceptors (Lipinski definition) is 1. The van der Waals surface area contributed by atoms with Gasteiger partial charge in [-0.25, -0.2) is 0 Å². The second-order valence-electron chi connectivity index (χ2n) is 8.33. The van der Waals surface area contributed by atoms with E-state index in [2.05, 4.69) is 27.7 Å². The van der Waals surface area contributed by atoms with Gasteiger partial charge in [0.2, 0.25) is 0 Å². The Kier molecular flexibility index (Phi) is 3.28. The number of ether oxygens (including phenoxy) is 1. The average molecular weight is 264 g/mol. The van der Waals surface area contributed by atoms with Crippen LogP contribution in [-0.4, -0.2) is 11.2 Å². The first-order valence-electron chi connectivity index (χ1n) is 8.64. The molecule has 110 valence electrons. The van der Waals surface area contributed by atoms with Gasteiger partial charge in [0.1, 0.15) is 0 Å². The van der Waals surface area contributed by atoms with E-state index in [-0.39, 0.29) is 11.2 Å². The van der Waals surface area contributed by atoms with E-state index in [9.17, 15) is 0 Å². The van der Waals surface area contributed by atoms with Crippen LogP contribution in [0, 0.1) is 17.3 Å². The Morgan fingerprint density at radius 3 is 2.63 bits per heavy atom. The summed E-state index contributed by atoms with van der Waals surface area (Å²) in [7, 11) is 0.